The third-order valence-electron chi connectivity index (χ3n) is 5.27. The van der Waals surface area contributed by atoms with Gasteiger partial charge in [0, 0.05) is 17.9 Å². The lowest BCUT2D eigenvalue weighted by molar-refractivity contribution is 0.0636. The van der Waals surface area contributed by atoms with Crippen molar-refractivity contribution < 1.29 is 14.4 Å². The molecule has 0 aromatic heterocycles. The molecular formula is C26H25N3O3. The third kappa shape index (κ3) is 4.39. The number of anilines is 2. The summed E-state index contributed by atoms with van der Waals surface area (Å²) in [7, 11) is 0. The molecule has 0 saturated heterocycles. The van der Waals surface area contributed by atoms with Crippen LogP contribution in [0, 0.1) is 5.92 Å². The Kier molecular flexibility index (Phi) is 6.03. The van der Waals surface area contributed by atoms with Gasteiger partial charge < -0.3 is 5.32 Å². The summed E-state index contributed by atoms with van der Waals surface area (Å²) in [6, 6.07) is 23.7. The highest BCUT2D eigenvalue weighted by atomic mass is 16.2. The number of carbonyl (C=O) groups is 3. The van der Waals surface area contributed by atoms with Gasteiger partial charge in [0.2, 0.25) is 0 Å². The van der Waals surface area contributed by atoms with E-state index in [1.54, 1.807) is 23.1 Å². The molecule has 3 aromatic rings. The fourth-order valence-corrected chi connectivity index (χ4v) is 3.74. The lowest BCUT2D eigenvalue weighted by atomic mass is 10.1. The van der Waals surface area contributed by atoms with Gasteiger partial charge in [0.05, 0.1) is 17.7 Å². The van der Waals surface area contributed by atoms with Gasteiger partial charge in [-0.25, -0.2) is 4.79 Å². The number of imide groups is 1. The van der Waals surface area contributed by atoms with Crippen LogP contribution in [0.15, 0.2) is 78.9 Å². The fourth-order valence-electron chi connectivity index (χ4n) is 3.74. The van der Waals surface area contributed by atoms with Gasteiger partial charge in [-0.3, -0.25) is 19.4 Å². The molecule has 0 bridgehead atoms. The number of fused-ring (bicyclic) bond motifs is 1. The van der Waals surface area contributed by atoms with Crippen molar-refractivity contribution in [3.8, 4) is 0 Å². The Labute approximate surface area is 187 Å². The summed E-state index contributed by atoms with van der Waals surface area (Å²) in [5.74, 6) is -0.431. The first-order chi connectivity index (χ1) is 15.4. The SMILES string of the molecule is CC(C)CN1C(=O)c2ccc(NC(=O)N(Cc3ccccc3)c3ccccc3)cc2C1=O. The number of benzene rings is 3. The number of nitrogens with one attached hydrogen (secondary N) is 1. The molecular weight excluding hydrogens is 402 g/mol. The molecule has 1 aliphatic heterocycles. The molecule has 6 heteroatoms. The molecule has 0 spiro atoms. The molecule has 0 saturated carbocycles. The van der Waals surface area contributed by atoms with Crippen molar-refractivity contribution in [2.75, 3.05) is 16.8 Å². The maximum Gasteiger partial charge on any atom is 0.326 e. The van der Waals surface area contributed by atoms with Gasteiger partial charge in [0.15, 0.2) is 0 Å². The molecule has 0 atom stereocenters. The monoisotopic (exact) mass is 427 g/mol. The number of hydrogen-bond acceptors (Lipinski definition) is 3. The Hall–Kier alpha value is -3.93. The molecule has 162 valence electrons. The van der Waals surface area contributed by atoms with Crippen LogP contribution in [0.4, 0.5) is 16.2 Å². The molecule has 0 aliphatic carbocycles. The van der Waals surface area contributed by atoms with Gasteiger partial charge in [0.1, 0.15) is 0 Å². The van der Waals surface area contributed by atoms with E-state index < -0.39 is 0 Å². The topological polar surface area (TPSA) is 69.7 Å². The molecule has 32 heavy (non-hydrogen) atoms. The number of carbonyl (C=O) groups excluding carboxylic acids is 3. The maximum absolute atomic E-state index is 13.2. The second-order valence-electron chi connectivity index (χ2n) is 8.21. The van der Waals surface area contributed by atoms with Crippen molar-refractivity contribution in [2.45, 2.75) is 20.4 Å². The number of nitrogens with zero attached hydrogens (tertiary/aromatic N) is 2. The van der Waals surface area contributed by atoms with Gasteiger partial charge in [-0.2, -0.15) is 0 Å². The van der Waals surface area contributed by atoms with Crippen molar-refractivity contribution in [3.05, 3.63) is 95.6 Å². The quantitative estimate of drug-likeness (QED) is 0.551. The van der Waals surface area contributed by atoms with E-state index in [1.165, 1.54) is 4.90 Å². The zero-order valence-electron chi connectivity index (χ0n) is 18.1. The Morgan fingerprint density at radius 2 is 1.50 bits per heavy atom. The molecule has 0 fully saturated rings. The van der Waals surface area contributed by atoms with Crippen LogP contribution < -0.4 is 10.2 Å². The van der Waals surface area contributed by atoms with E-state index >= 15 is 0 Å². The Bertz CT molecular complexity index is 1140. The number of para-hydroxylation sites is 1. The largest absolute Gasteiger partial charge is 0.326 e. The lowest BCUT2D eigenvalue weighted by Gasteiger charge is -2.23. The number of amides is 4. The minimum atomic E-state index is -0.323. The summed E-state index contributed by atoms with van der Waals surface area (Å²) in [6.45, 7) is 4.67. The number of hydrogen-bond donors (Lipinski definition) is 1. The summed E-state index contributed by atoms with van der Waals surface area (Å²) in [5.41, 5.74) is 2.91. The van der Waals surface area contributed by atoms with Gasteiger partial charge >= 0.3 is 6.03 Å². The second-order valence-corrected chi connectivity index (χ2v) is 8.21. The Morgan fingerprint density at radius 3 is 2.16 bits per heavy atom. The van der Waals surface area contributed by atoms with Gasteiger partial charge in [-0.05, 0) is 41.8 Å². The van der Waals surface area contributed by atoms with Crippen LogP contribution in [0.25, 0.3) is 0 Å². The van der Waals surface area contributed by atoms with Crippen LogP contribution in [0.3, 0.4) is 0 Å². The molecule has 6 nitrogen and oxygen atoms in total. The normalized spacial score (nSPS) is 12.8. The van der Waals surface area contributed by atoms with E-state index in [0.717, 1.165) is 11.3 Å². The van der Waals surface area contributed by atoms with E-state index in [-0.39, 0.29) is 23.8 Å². The first kappa shape index (κ1) is 21.3. The first-order valence-electron chi connectivity index (χ1n) is 10.6. The highest BCUT2D eigenvalue weighted by molar-refractivity contribution is 6.22. The zero-order valence-corrected chi connectivity index (χ0v) is 18.1. The van der Waals surface area contributed by atoms with Gasteiger partial charge in [-0.1, -0.05) is 62.4 Å². The Morgan fingerprint density at radius 1 is 0.875 bits per heavy atom. The van der Waals surface area contributed by atoms with Crippen LogP contribution in [0.2, 0.25) is 0 Å². The van der Waals surface area contributed by atoms with E-state index in [2.05, 4.69) is 5.32 Å². The average Bonchev–Trinajstić information content (AvgIpc) is 3.02. The molecule has 0 radical (unpaired) electrons. The highest BCUT2D eigenvalue weighted by Gasteiger charge is 2.36. The first-order valence-corrected chi connectivity index (χ1v) is 10.6. The minimum absolute atomic E-state index is 0.175. The average molecular weight is 428 g/mol. The summed E-state index contributed by atoms with van der Waals surface area (Å²) in [5, 5.41) is 2.89. The number of rotatable bonds is 6. The van der Waals surface area contributed by atoms with Crippen LogP contribution in [-0.4, -0.2) is 29.3 Å². The summed E-state index contributed by atoms with van der Waals surface area (Å²) >= 11 is 0. The third-order valence-corrected chi connectivity index (χ3v) is 5.27. The van der Waals surface area contributed by atoms with Crippen molar-refractivity contribution in [1.82, 2.24) is 4.90 Å². The molecule has 3 aromatic carbocycles. The predicted octanol–water partition coefficient (Wildman–Crippen LogP) is 5.18. The predicted molar refractivity (Wildman–Crippen MR) is 125 cm³/mol. The van der Waals surface area contributed by atoms with E-state index in [0.29, 0.717) is 29.9 Å². The zero-order chi connectivity index (χ0) is 22.7. The molecule has 1 aliphatic rings. The van der Waals surface area contributed by atoms with Crippen LogP contribution in [0.1, 0.15) is 40.1 Å². The molecule has 4 rings (SSSR count). The number of urea groups is 1. The van der Waals surface area contributed by atoms with Crippen LogP contribution in [-0.2, 0) is 6.54 Å². The summed E-state index contributed by atoms with van der Waals surface area (Å²) in [6.07, 6.45) is 0. The van der Waals surface area contributed by atoms with Crippen LogP contribution in [0.5, 0.6) is 0 Å². The van der Waals surface area contributed by atoms with E-state index in [4.69, 9.17) is 0 Å². The highest BCUT2D eigenvalue weighted by Crippen LogP contribution is 2.27. The Balaban J connectivity index is 1.58. The smallest absolute Gasteiger partial charge is 0.308 e. The fraction of sp³-hybridized carbons (Fsp3) is 0.192. The molecule has 0 unspecified atom stereocenters. The molecule has 1 N–H and O–H groups in total. The van der Waals surface area contributed by atoms with Crippen molar-refractivity contribution in [2.24, 2.45) is 5.92 Å². The van der Waals surface area contributed by atoms with Crippen molar-refractivity contribution in [3.63, 3.8) is 0 Å². The van der Waals surface area contributed by atoms with E-state index in [9.17, 15) is 14.4 Å². The van der Waals surface area contributed by atoms with Crippen LogP contribution >= 0.6 is 0 Å². The van der Waals surface area contributed by atoms with Gasteiger partial charge in [0.25, 0.3) is 11.8 Å². The second kappa shape index (κ2) is 9.06. The minimum Gasteiger partial charge on any atom is -0.308 e. The van der Waals surface area contributed by atoms with Crippen molar-refractivity contribution >= 4 is 29.2 Å². The molecule has 4 amide bonds. The molecule has 1 heterocycles. The summed E-state index contributed by atoms with van der Waals surface area (Å²) < 4.78 is 0. The summed E-state index contributed by atoms with van der Waals surface area (Å²) in [4.78, 5) is 41.5. The maximum atomic E-state index is 13.2. The standard InChI is InChI=1S/C26H25N3O3/c1-18(2)16-29-24(30)22-14-13-20(15-23(22)25(29)31)27-26(32)28(21-11-7-4-8-12-21)17-19-9-5-3-6-10-19/h3-15,18H,16-17H2,1-2H3,(H,27,32). The van der Waals surface area contributed by atoms with Crippen molar-refractivity contribution in [1.29, 1.82) is 0 Å². The lowest BCUT2D eigenvalue weighted by Crippen LogP contribution is -2.34. The van der Waals surface area contributed by atoms with Gasteiger partial charge in [-0.15, -0.1) is 0 Å². The van der Waals surface area contributed by atoms with E-state index in [1.807, 2.05) is 74.5 Å².